The van der Waals surface area contributed by atoms with Gasteiger partial charge in [-0.2, -0.15) is 13.2 Å². The minimum Gasteiger partial charge on any atom is -0.497 e. The van der Waals surface area contributed by atoms with Crippen molar-refractivity contribution >= 4 is 5.71 Å². The van der Waals surface area contributed by atoms with Gasteiger partial charge in [-0.1, -0.05) is 17.3 Å². The van der Waals surface area contributed by atoms with Gasteiger partial charge >= 0.3 is 6.18 Å². The smallest absolute Gasteiger partial charge is 0.416 e. The number of ether oxygens (including phenoxy) is 1. The van der Waals surface area contributed by atoms with Crippen LogP contribution in [-0.2, 0) is 6.18 Å². The second kappa shape index (κ2) is 5.87. The van der Waals surface area contributed by atoms with Gasteiger partial charge in [-0.15, -0.1) is 0 Å². The van der Waals surface area contributed by atoms with E-state index in [2.05, 4.69) is 5.16 Å². The Morgan fingerprint density at radius 2 is 1.43 bits per heavy atom. The van der Waals surface area contributed by atoms with Crippen molar-refractivity contribution in [2.24, 2.45) is 5.16 Å². The molecule has 0 aromatic heterocycles. The van der Waals surface area contributed by atoms with Crippen molar-refractivity contribution in [2.45, 2.75) is 6.18 Å². The molecule has 0 spiro atoms. The van der Waals surface area contributed by atoms with Gasteiger partial charge in [0.1, 0.15) is 11.5 Å². The molecule has 6 heteroatoms. The number of methoxy groups -OCH3 is 1. The molecule has 0 atom stereocenters. The van der Waals surface area contributed by atoms with Crippen LogP contribution in [0.15, 0.2) is 53.7 Å². The molecule has 0 amide bonds. The molecule has 0 unspecified atom stereocenters. The van der Waals surface area contributed by atoms with E-state index in [-0.39, 0.29) is 5.71 Å². The van der Waals surface area contributed by atoms with E-state index in [0.717, 1.165) is 12.1 Å². The van der Waals surface area contributed by atoms with Crippen LogP contribution in [-0.4, -0.2) is 18.0 Å². The molecular weight excluding hydrogens is 283 g/mol. The summed E-state index contributed by atoms with van der Waals surface area (Å²) in [7, 11) is 1.52. The van der Waals surface area contributed by atoms with Gasteiger partial charge in [0.2, 0.25) is 0 Å². The fourth-order valence-electron chi connectivity index (χ4n) is 1.85. The van der Waals surface area contributed by atoms with Gasteiger partial charge < -0.3 is 9.94 Å². The van der Waals surface area contributed by atoms with E-state index in [4.69, 9.17) is 9.94 Å². The number of alkyl halides is 3. The Labute approximate surface area is 119 Å². The molecule has 2 aromatic carbocycles. The van der Waals surface area contributed by atoms with Gasteiger partial charge in [0.15, 0.2) is 0 Å². The van der Waals surface area contributed by atoms with Crippen LogP contribution >= 0.6 is 0 Å². The topological polar surface area (TPSA) is 41.8 Å². The van der Waals surface area contributed by atoms with Crippen LogP contribution in [0.5, 0.6) is 5.75 Å². The monoisotopic (exact) mass is 295 g/mol. The van der Waals surface area contributed by atoms with Crippen LogP contribution < -0.4 is 4.74 Å². The number of hydrogen-bond acceptors (Lipinski definition) is 3. The van der Waals surface area contributed by atoms with Crippen molar-refractivity contribution in [2.75, 3.05) is 7.11 Å². The summed E-state index contributed by atoms with van der Waals surface area (Å²) in [6, 6.07) is 11.1. The van der Waals surface area contributed by atoms with Gasteiger partial charge in [0, 0.05) is 11.1 Å². The lowest BCUT2D eigenvalue weighted by atomic mass is 10.0. The Morgan fingerprint density at radius 1 is 0.952 bits per heavy atom. The first-order valence-corrected chi connectivity index (χ1v) is 6.00. The summed E-state index contributed by atoms with van der Waals surface area (Å²) in [4.78, 5) is 0. The zero-order chi connectivity index (χ0) is 15.5. The van der Waals surface area contributed by atoms with E-state index in [1.165, 1.54) is 19.2 Å². The normalized spacial score (nSPS) is 12.3. The number of rotatable bonds is 3. The Kier molecular flexibility index (Phi) is 4.16. The average molecular weight is 295 g/mol. The third-order valence-electron chi connectivity index (χ3n) is 2.95. The highest BCUT2D eigenvalue weighted by Gasteiger charge is 2.30. The van der Waals surface area contributed by atoms with Crippen molar-refractivity contribution in [3.8, 4) is 5.75 Å². The van der Waals surface area contributed by atoms with E-state index in [1.54, 1.807) is 24.3 Å². The standard InChI is InChI=1S/C15H12F3NO2/c1-21-13-8-4-11(5-9-13)14(19-20)10-2-6-12(7-3-10)15(16,17)18/h2-9,20H,1H3. The molecule has 0 aliphatic rings. The molecule has 21 heavy (non-hydrogen) atoms. The summed E-state index contributed by atoms with van der Waals surface area (Å²) >= 11 is 0. The summed E-state index contributed by atoms with van der Waals surface area (Å²) in [6.07, 6.45) is -4.39. The molecule has 0 bridgehead atoms. The molecule has 0 heterocycles. The number of halogens is 3. The van der Waals surface area contributed by atoms with Crippen LogP contribution in [0.3, 0.4) is 0 Å². The number of oxime groups is 1. The van der Waals surface area contributed by atoms with Gasteiger partial charge in [0.25, 0.3) is 0 Å². The van der Waals surface area contributed by atoms with Crippen molar-refractivity contribution in [3.05, 3.63) is 65.2 Å². The minimum absolute atomic E-state index is 0.186. The highest BCUT2D eigenvalue weighted by atomic mass is 19.4. The molecule has 3 nitrogen and oxygen atoms in total. The highest BCUT2D eigenvalue weighted by Crippen LogP contribution is 2.29. The van der Waals surface area contributed by atoms with Gasteiger partial charge in [-0.25, -0.2) is 0 Å². The summed E-state index contributed by atoms with van der Waals surface area (Å²) in [5.41, 5.74) is 0.387. The molecule has 2 aromatic rings. The van der Waals surface area contributed by atoms with Gasteiger partial charge in [-0.05, 0) is 36.4 Å². The maximum atomic E-state index is 12.5. The predicted molar refractivity (Wildman–Crippen MR) is 71.9 cm³/mol. The maximum Gasteiger partial charge on any atom is 0.416 e. The lowest BCUT2D eigenvalue weighted by Crippen LogP contribution is -2.07. The van der Waals surface area contributed by atoms with E-state index < -0.39 is 11.7 Å². The summed E-state index contributed by atoms with van der Waals surface area (Å²) < 4.78 is 42.6. The number of benzene rings is 2. The zero-order valence-corrected chi connectivity index (χ0v) is 11.1. The largest absolute Gasteiger partial charge is 0.497 e. The van der Waals surface area contributed by atoms with Crippen molar-refractivity contribution < 1.29 is 23.1 Å². The molecule has 0 fully saturated rings. The zero-order valence-electron chi connectivity index (χ0n) is 11.1. The molecule has 0 aliphatic carbocycles. The Hall–Kier alpha value is -2.50. The highest BCUT2D eigenvalue weighted by molar-refractivity contribution is 6.12. The molecule has 110 valence electrons. The van der Waals surface area contributed by atoms with E-state index >= 15 is 0 Å². The van der Waals surface area contributed by atoms with E-state index in [0.29, 0.717) is 16.9 Å². The predicted octanol–water partition coefficient (Wildman–Crippen LogP) is 3.94. The second-order valence-electron chi connectivity index (χ2n) is 4.25. The second-order valence-corrected chi connectivity index (χ2v) is 4.25. The van der Waals surface area contributed by atoms with Crippen LogP contribution in [0.1, 0.15) is 16.7 Å². The third kappa shape index (κ3) is 3.34. The Bertz CT molecular complexity index is 631. The molecule has 0 radical (unpaired) electrons. The lowest BCUT2D eigenvalue weighted by molar-refractivity contribution is -0.137. The summed E-state index contributed by atoms with van der Waals surface area (Å²) in [6.45, 7) is 0. The quantitative estimate of drug-likeness (QED) is 0.529. The Balaban J connectivity index is 2.33. The maximum absolute atomic E-state index is 12.5. The van der Waals surface area contributed by atoms with Crippen LogP contribution in [0.25, 0.3) is 0 Å². The fraction of sp³-hybridized carbons (Fsp3) is 0.133. The first-order valence-electron chi connectivity index (χ1n) is 6.00. The number of hydrogen-bond donors (Lipinski definition) is 1. The van der Waals surface area contributed by atoms with Crippen LogP contribution in [0.2, 0.25) is 0 Å². The molecular formula is C15H12F3NO2. The van der Waals surface area contributed by atoms with Gasteiger partial charge in [0.05, 0.1) is 12.7 Å². The molecule has 2 rings (SSSR count). The van der Waals surface area contributed by atoms with E-state index in [1.807, 2.05) is 0 Å². The van der Waals surface area contributed by atoms with Crippen LogP contribution in [0, 0.1) is 0 Å². The molecule has 0 aliphatic heterocycles. The van der Waals surface area contributed by atoms with Gasteiger partial charge in [-0.3, -0.25) is 0 Å². The molecule has 1 N–H and O–H groups in total. The summed E-state index contributed by atoms with van der Waals surface area (Å²) in [5.74, 6) is 0.628. The number of nitrogens with zero attached hydrogens (tertiary/aromatic N) is 1. The lowest BCUT2D eigenvalue weighted by Gasteiger charge is -2.09. The van der Waals surface area contributed by atoms with Crippen molar-refractivity contribution in [1.29, 1.82) is 0 Å². The first kappa shape index (κ1) is 14.9. The molecule has 0 saturated carbocycles. The third-order valence-corrected chi connectivity index (χ3v) is 2.95. The van der Waals surface area contributed by atoms with Crippen molar-refractivity contribution in [3.63, 3.8) is 0 Å². The first-order chi connectivity index (χ1) is 9.95. The fourth-order valence-corrected chi connectivity index (χ4v) is 1.85. The SMILES string of the molecule is COc1ccc(C(=NO)c2ccc(C(F)(F)F)cc2)cc1. The summed E-state index contributed by atoms with van der Waals surface area (Å²) in [5, 5.41) is 12.3. The average Bonchev–Trinajstić information content (AvgIpc) is 2.48. The minimum atomic E-state index is -4.39. The van der Waals surface area contributed by atoms with Crippen LogP contribution in [0.4, 0.5) is 13.2 Å². The Morgan fingerprint density at radius 3 is 1.81 bits per heavy atom. The van der Waals surface area contributed by atoms with Crippen molar-refractivity contribution in [1.82, 2.24) is 0 Å². The molecule has 0 saturated heterocycles. The van der Waals surface area contributed by atoms with E-state index in [9.17, 15) is 13.2 Å².